The summed E-state index contributed by atoms with van der Waals surface area (Å²) in [5.41, 5.74) is -0.772. The Morgan fingerprint density at radius 2 is 2.16 bits per heavy atom. The fraction of sp³-hybridized carbons (Fsp3) is 0.933. The van der Waals surface area contributed by atoms with E-state index in [1.54, 1.807) is 14.0 Å². The zero-order valence-electron chi connectivity index (χ0n) is 12.9. The SMILES string of the molecule is CNC(C)(CCCCN1CCC(C(C)C)C1)C(=O)O. The zero-order valence-corrected chi connectivity index (χ0v) is 12.9. The van der Waals surface area contributed by atoms with Crippen LogP contribution in [0, 0.1) is 11.8 Å². The van der Waals surface area contributed by atoms with Crippen molar-refractivity contribution in [1.82, 2.24) is 10.2 Å². The molecule has 0 aliphatic carbocycles. The lowest BCUT2D eigenvalue weighted by atomic mass is 9.95. The van der Waals surface area contributed by atoms with Crippen molar-refractivity contribution >= 4 is 5.97 Å². The van der Waals surface area contributed by atoms with E-state index < -0.39 is 11.5 Å². The van der Waals surface area contributed by atoms with Gasteiger partial charge < -0.3 is 15.3 Å². The summed E-state index contributed by atoms with van der Waals surface area (Å²) in [6.07, 6.45) is 4.07. The molecule has 19 heavy (non-hydrogen) atoms. The van der Waals surface area contributed by atoms with Crippen LogP contribution in [0.3, 0.4) is 0 Å². The van der Waals surface area contributed by atoms with Gasteiger partial charge >= 0.3 is 5.97 Å². The lowest BCUT2D eigenvalue weighted by Gasteiger charge is -2.24. The fourth-order valence-electron chi connectivity index (χ4n) is 2.76. The second-order valence-electron chi connectivity index (χ2n) is 6.44. The summed E-state index contributed by atoms with van der Waals surface area (Å²) in [5.74, 6) is 0.877. The molecule has 2 N–H and O–H groups in total. The second kappa shape index (κ2) is 7.25. The monoisotopic (exact) mass is 270 g/mol. The minimum Gasteiger partial charge on any atom is -0.480 e. The van der Waals surface area contributed by atoms with Gasteiger partial charge in [-0.05, 0) is 64.6 Å². The predicted octanol–water partition coefficient (Wildman–Crippen LogP) is 2.20. The molecule has 0 amide bonds. The van der Waals surface area contributed by atoms with E-state index in [4.69, 9.17) is 5.11 Å². The quantitative estimate of drug-likeness (QED) is 0.664. The zero-order chi connectivity index (χ0) is 14.5. The summed E-state index contributed by atoms with van der Waals surface area (Å²) in [5, 5.41) is 12.1. The van der Waals surface area contributed by atoms with E-state index in [9.17, 15) is 4.79 Å². The Morgan fingerprint density at radius 1 is 1.47 bits per heavy atom. The first-order valence-electron chi connectivity index (χ1n) is 7.53. The van der Waals surface area contributed by atoms with Crippen LogP contribution in [0.4, 0.5) is 0 Å². The highest BCUT2D eigenvalue weighted by Crippen LogP contribution is 2.24. The predicted molar refractivity (Wildman–Crippen MR) is 78.3 cm³/mol. The lowest BCUT2D eigenvalue weighted by molar-refractivity contribution is -0.144. The van der Waals surface area contributed by atoms with Crippen molar-refractivity contribution in [3.8, 4) is 0 Å². The minimum atomic E-state index is -0.772. The maximum Gasteiger partial charge on any atom is 0.323 e. The molecule has 4 heteroatoms. The Kier molecular flexibility index (Phi) is 6.27. The number of nitrogens with one attached hydrogen (secondary N) is 1. The van der Waals surface area contributed by atoms with Crippen LogP contribution in [0.2, 0.25) is 0 Å². The van der Waals surface area contributed by atoms with Gasteiger partial charge in [0.05, 0.1) is 0 Å². The van der Waals surface area contributed by atoms with E-state index in [1.165, 1.54) is 19.5 Å². The van der Waals surface area contributed by atoms with Gasteiger partial charge in [0, 0.05) is 6.54 Å². The fourth-order valence-corrected chi connectivity index (χ4v) is 2.76. The van der Waals surface area contributed by atoms with Crippen LogP contribution in [-0.4, -0.2) is 48.2 Å². The number of nitrogens with zero attached hydrogens (tertiary/aromatic N) is 1. The van der Waals surface area contributed by atoms with Crippen LogP contribution in [0.5, 0.6) is 0 Å². The average Bonchev–Trinajstić information content (AvgIpc) is 2.83. The molecule has 1 fully saturated rings. The van der Waals surface area contributed by atoms with Crippen molar-refractivity contribution in [1.29, 1.82) is 0 Å². The van der Waals surface area contributed by atoms with E-state index in [0.29, 0.717) is 6.42 Å². The van der Waals surface area contributed by atoms with Crippen LogP contribution in [0.15, 0.2) is 0 Å². The first-order valence-corrected chi connectivity index (χ1v) is 7.53. The Labute approximate surface area is 117 Å². The van der Waals surface area contributed by atoms with E-state index in [1.807, 2.05) is 0 Å². The van der Waals surface area contributed by atoms with Gasteiger partial charge in [0.15, 0.2) is 0 Å². The lowest BCUT2D eigenvalue weighted by Crippen LogP contribution is -2.47. The molecule has 2 atom stereocenters. The molecular formula is C15H30N2O2. The Bertz CT molecular complexity index is 294. The van der Waals surface area contributed by atoms with Crippen molar-refractivity contribution in [2.75, 3.05) is 26.7 Å². The first-order chi connectivity index (χ1) is 8.89. The molecule has 0 aromatic heterocycles. The van der Waals surface area contributed by atoms with Crippen LogP contribution in [0.25, 0.3) is 0 Å². The summed E-state index contributed by atoms with van der Waals surface area (Å²) in [6, 6.07) is 0. The second-order valence-corrected chi connectivity index (χ2v) is 6.44. The molecule has 1 saturated heterocycles. The summed E-state index contributed by atoms with van der Waals surface area (Å²) in [7, 11) is 1.72. The van der Waals surface area contributed by atoms with Crippen LogP contribution in [0.1, 0.15) is 46.5 Å². The van der Waals surface area contributed by atoms with Crippen molar-refractivity contribution in [3.05, 3.63) is 0 Å². The van der Waals surface area contributed by atoms with E-state index >= 15 is 0 Å². The first kappa shape index (κ1) is 16.4. The van der Waals surface area contributed by atoms with Crippen LogP contribution < -0.4 is 5.32 Å². The highest BCUT2D eigenvalue weighted by Gasteiger charge is 2.30. The Hall–Kier alpha value is -0.610. The number of aliphatic carboxylic acids is 1. The van der Waals surface area contributed by atoms with Gasteiger partial charge in [-0.25, -0.2) is 0 Å². The van der Waals surface area contributed by atoms with Gasteiger partial charge in [0.25, 0.3) is 0 Å². The summed E-state index contributed by atoms with van der Waals surface area (Å²) >= 11 is 0. The van der Waals surface area contributed by atoms with Crippen LogP contribution in [-0.2, 0) is 4.79 Å². The topological polar surface area (TPSA) is 52.6 Å². The molecule has 0 bridgehead atoms. The third-order valence-corrected chi connectivity index (χ3v) is 4.68. The van der Waals surface area contributed by atoms with Crippen molar-refractivity contribution in [3.63, 3.8) is 0 Å². The van der Waals surface area contributed by atoms with E-state index in [-0.39, 0.29) is 0 Å². The number of hydrogen-bond acceptors (Lipinski definition) is 3. The molecule has 1 aliphatic heterocycles. The third kappa shape index (κ3) is 4.77. The van der Waals surface area contributed by atoms with Gasteiger partial charge in [-0.15, -0.1) is 0 Å². The Morgan fingerprint density at radius 3 is 2.63 bits per heavy atom. The number of likely N-dealkylation sites (tertiary alicyclic amines) is 1. The maximum absolute atomic E-state index is 11.1. The number of likely N-dealkylation sites (N-methyl/N-ethyl adjacent to an activating group) is 1. The molecule has 4 nitrogen and oxygen atoms in total. The van der Waals surface area contributed by atoms with Gasteiger partial charge in [-0.2, -0.15) is 0 Å². The molecule has 2 unspecified atom stereocenters. The molecule has 0 spiro atoms. The summed E-state index contributed by atoms with van der Waals surface area (Å²) < 4.78 is 0. The number of unbranched alkanes of at least 4 members (excludes halogenated alkanes) is 1. The summed E-state index contributed by atoms with van der Waals surface area (Å²) in [4.78, 5) is 13.7. The number of carboxylic acid groups (broad SMARTS) is 1. The van der Waals surface area contributed by atoms with Crippen LogP contribution >= 0.6 is 0 Å². The highest BCUT2D eigenvalue weighted by atomic mass is 16.4. The van der Waals surface area contributed by atoms with E-state index in [0.717, 1.165) is 31.2 Å². The minimum absolute atomic E-state index is 0.695. The molecular weight excluding hydrogens is 240 g/mol. The average molecular weight is 270 g/mol. The standard InChI is InChI=1S/C15H30N2O2/c1-12(2)13-7-10-17(11-13)9-6-5-8-15(3,16-4)14(18)19/h12-13,16H,5-11H2,1-4H3,(H,18,19). The molecule has 0 aromatic rings. The highest BCUT2D eigenvalue weighted by molar-refractivity contribution is 5.78. The van der Waals surface area contributed by atoms with Gasteiger partial charge in [-0.3, -0.25) is 4.79 Å². The number of carbonyl (C=O) groups is 1. The molecule has 0 saturated carbocycles. The molecule has 1 aliphatic rings. The molecule has 1 heterocycles. The number of hydrogen-bond donors (Lipinski definition) is 2. The normalized spacial score (nSPS) is 23.7. The van der Waals surface area contributed by atoms with Gasteiger partial charge in [-0.1, -0.05) is 13.8 Å². The largest absolute Gasteiger partial charge is 0.480 e. The van der Waals surface area contributed by atoms with E-state index in [2.05, 4.69) is 24.1 Å². The van der Waals surface area contributed by atoms with Gasteiger partial charge in [0.1, 0.15) is 5.54 Å². The maximum atomic E-state index is 11.1. The molecule has 0 radical (unpaired) electrons. The molecule has 0 aromatic carbocycles. The smallest absolute Gasteiger partial charge is 0.323 e. The number of rotatable bonds is 8. The molecule has 112 valence electrons. The molecule has 1 rings (SSSR count). The van der Waals surface area contributed by atoms with Gasteiger partial charge in [0.2, 0.25) is 0 Å². The van der Waals surface area contributed by atoms with Crippen molar-refractivity contribution in [2.24, 2.45) is 11.8 Å². The van der Waals surface area contributed by atoms with Crippen molar-refractivity contribution < 1.29 is 9.90 Å². The number of carboxylic acids is 1. The Balaban J connectivity index is 2.20. The van der Waals surface area contributed by atoms with Crippen molar-refractivity contribution in [2.45, 2.75) is 52.0 Å². The summed E-state index contributed by atoms with van der Waals surface area (Å²) in [6.45, 7) is 9.92. The third-order valence-electron chi connectivity index (χ3n) is 4.68.